The molecule has 2 heterocycles. The fourth-order valence-electron chi connectivity index (χ4n) is 8.48. The Morgan fingerprint density at radius 1 is 0.394 bits per heavy atom. The molecule has 4 aromatic rings. The summed E-state index contributed by atoms with van der Waals surface area (Å²) >= 11 is 4.17. The Morgan fingerprint density at radius 3 is 0.621 bits per heavy atom. The van der Waals surface area contributed by atoms with Crippen molar-refractivity contribution in [2.75, 3.05) is 19.6 Å². The predicted octanol–water partition coefficient (Wildman–Crippen LogP) is 18.2. The number of rotatable bonds is 12. The molecule has 0 bridgehead atoms. The predicted molar refractivity (Wildman–Crippen MR) is 282 cm³/mol. The summed E-state index contributed by atoms with van der Waals surface area (Å²) in [5.41, 5.74) is 16.6. The summed E-state index contributed by atoms with van der Waals surface area (Å²) < 4.78 is 0. The molecule has 66 heavy (non-hydrogen) atoms. The van der Waals surface area contributed by atoms with E-state index in [0.29, 0.717) is 47.3 Å². The zero-order valence-electron chi connectivity index (χ0n) is 42.5. The van der Waals surface area contributed by atoms with Crippen LogP contribution < -0.4 is 19.6 Å². The zero-order chi connectivity index (χ0) is 49.3. The summed E-state index contributed by atoms with van der Waals surface area (Å²) in [5, 5.41) is 7.44. The minimum atomic E-state index is 0. The molecular weight excluding hydrogens is 1320 g/mol. The van der Waals surface area contributed by atoms with Crippen LogP contribution in [0.3, 0.4) is 0 Å². The molecule has 0 radical (unpaired) electrons. The SMILES string of the molecule is CC(C)c1cccc(C(C)C)c1N1C=CN(c2c(C(C)C)cccc2C(C)C)[CH-]1.CC(C)c1cccc(C(C)C)c1N1C=CN(c2c(C(C)C)cccc2C(C)C)[CH-]1.CC=[N-].[Au+3].[Cl][Ag].[Cl][Au]. The fraction of sp³-hybridized carbons (Fsp3) is 0.446. The average molecular weight is 1390 g/mol. The van der Waals surface area contributed by atoms with Gasteiger partial charge in [-0.3, -0.25) is 0 Å². The van der Waals surface area contributed by atoms with Crippen molar-refractivity contribution >= 4 is 47.3 Å². The molecule has 6 rings (SSSR count). The maximum atomic E-state index is 7.44. The van der Waals surface area contributed by atoms with Crippen molar-refractivity contribution in [3.05, 3.63) is 161 Å². The van der Waals surface area contributed by atoms with Gasteiger partial charge in [-0.2, -0.15) is 0 Å². The standard InChI is InChI=1S/2C27H37N2.C2H4N.Ag.2Au.2ClH/c2*1-18(2)22-11-9-12-23(19(3)4)26(22)28-15-16-29(17-28)27-24(20(5)6)13-10-14-25(27)21(7)8;1-2-3;;;;;/h2*9-21H,1-8H3;2H,1H3;;;;2*1H/q3*-1;2*+1;+3;;/p-2. The quantitative estimate of drug-likeness (QED) is 0.0804. The monoisotopic (exact) mass is 1390 g/mol. The van der Waals surface area contributed by atoms with Gasteiger partial charge in [0.2, 0.25) is 0 Å². The number of benzene rings is 4. The molecule has 10 heteroatoms. The number of hydrogen-bond acceptors (Lipinski definition) is 4. The van der Waals surface area contributed by atoms with Gasteiger partial charge in [0.15, 0.2) is 0 Å². The first kappa shape index (κ1) is 62.0. The Kier molecular flexibility index (Phi) is 28.8. The van der Waals surface area contributed by atoms with Crippen LogP contribution in [0.2, 0.25) is 0 Å². The first-order chi connectivity index (χ1) is 30.9. The van der Waals surface area contributed by atoms with Crippen molar-refractivity contribution in [3.8, 4) is 0 Å². The van der Waals surface area contributed by atoms with E-state index in [1.54, 1.807) is 26.9 Å². The van der Waals surface area contributed by atoms with Gasteiger partial charge in [0.05, 0.1) is 0 Å². The van der Waals surface area contributed by atoms with E-state index in [0.717, 1.165) is 6.21 Å². The Morgan fingerprint density at radius 2 is 0.515 bits per heavy atom. The van der Waals surface area contributed by atoms with Crippen LogP contribution in [0.1, 0.15) is 210 Å². The summed E-state index contributed by atoms with van der Waals surface area (Å²) in [7, 11) is 9.03. The van der Waals surface area contributed by atoms with Crippen LogP contribution >= 0.6 is 18.4 Å². The summed E-state index contributed by atoms with van der Waals surface area (Å²) in [6, 6.07) is 27.0. The number of nitrogens with zero attached hydrogens (tertiary/aromatic N) is 5. The van der Waals surface area contributed by atoms with Crippen molar-refractivity contribution in [1.29, 1.82) is 0 Å². The van der Waals surface area contributed by atoms with Crippen molar-refractivity contribution in [2.45, 2.75) is 165 Å². The van der Waals surface area contributed by atoms with Gasteiger partial charge in [-0.05, 0) is 117 Å². The summed E-state index contributed by atoms with van der Waals surface area (Å²) in [6.07, 6.45) is 9.87. The second-order valence-electron chi connectivity index (χ2n) is 19.1. The molecule has 0 amide bonds. The third-order valence-electron chi connectivity index (χ3n) is 11.7. The van der Waals surface area contributed by atoms with Gasteiger partial charge >= 0.3 is 80.7 Å². The number of anilines is 4. The molecule has 0 aromatic heterocycles. The molecule has 0 aliphatic carbocycles. The second kappa shape index (κ2) is 30.6. The van der Waals surface area contributed by atoms with Crippen molar-refractivity contribution in [3.63, 3.8) is 0 Å². The Labute approximate surface area is 451 Å². The van der Waals surface area contributed by atoms with Crippen LogP contribution in [0, 0.1) is 13.3 Å². The third kappa shape index (κ3) is 16.0. The molecule has 2 aliphatic rings. The average Bonchev–Trinajstić information content (AvgIpc) is 3.98. The molecule has 0 fully saturated rings. The minimum absolute atomic E-state index is 0. The molecule has 0 N–H and O–H groups in total. The van der Waals surface area contributed by atoms with E-state index in [9.17, 15) is 0 Å². The van der Waals surface area contributed by atoms with E-state index in [1.165, 1.54) is 67.3 Å². The normalized spacial score (nSPS) is 13.0. The molecule has 0 unspecified atom stereocenters. The molecule has 374 valence electrons. The van der Waals surface area contributed by atoms with E-state index in [4.69, 9.17) is 5.41 Å². The zero-order valence-corrected chi connectivity index (χ0v) is 49.8. The first-order valence-electron chi connectivity index (χ1n) is 23.2. The topological polar surface area (TPSA) is 35.3 Å². The van der Waals surface area contributed by atoms with E-state index >= 15 is 0 Å². The number of halogens is 2. The van der Waals surface area contributed by atoms with E-state index in [1.807, 2.05) is 0 Å². The fourth-order valence-corrected chi connectivity index (χ4v) is 8.48. The van der Waals surface area contributed by atoms with Crippen LogP contribution in [0.5, 0.6) is 0 Å². The van der Waals surface area contributed by atoms with E-state index < -0.39 is 0 Å². The van der Waals surface area contributed by atoms with Crippen LogP contribution in [0.25, 0.3) is 5.41 Å². The van der Waals surface area contributed by atoms with Crippen LogP contribution in [-0.4, -0.2) is 6.21 Å². The van der Waals surface area contributed by atoms with Gasteiger partial charge in [0, 0.05) is 22.7 Å². The molecule has 2 aliphatic heterocycles. The van der Waals surface area contributed by atoms with Gasteiger partial charge in [-0.15, -0.1) is 13.3 Å². The van der Waals surface area contributed by atoms with Gasteiger partial charge < -0.3 is 25.0 Å². The Hall–Kier alpha value is -1.97. The van der Waals surface area contributed by atoms with Crippen LogP contribution in [0.15, 0.2) is 97.6 Å². The Balaban J connectivity index is 0.000000574. The van der Waals surface area contributed by atoms with Gasteiger partial charge in [-0.1, -0.05) is 190 Å². The molecule has 5 nitrogen and oxygen atoms in total. The van der Waals surface area contributed by atoms with Crippen molar-refractivity contribution < 1.29 is 62.4 Å². The molecular formula is C56H78AgAu2Cl2N5. The first-order valence-corrected chi connectivity index (χ1v) is 27.8. The summed E-state index contributed by atoms with van der Waals surface area (Å²) in [6.45, 7) is 42.6. The molecule has 0 saturated carbocycles. The van der Waals surface area contributed by atoms with E-state index in [2.05, 4.69) is 280 Å². The van der Waals surface area contributed by atoms with Crippen LogP contribution in [-0.2, 0) is 62.4 Å². The Bertz CT molecular complexity index is 1730. The summed E-state index contributed by atoms with van der Waals surface area (Å²) in [5.74, 6) is 3.84. The van der Waals surface area contributed by atoms with Gasteiger partial charge in [0.25, 0.3) is 0 Å². The maximum absolute atomic E-state index is 7.44. The number of para-hydroxylation sites is 4. The van der Waals surface area contributed by atoms with Gasteiger partial charge in [0.1, 0.15) is 0 Å². The molecule has 0 atom stereocenters. The van der Waals surface area contributed by atoms with Crippen LogP contribution in [0.4, 0.5) is 22.7 Å². The van der Waals surface area contributed by atoms with Gasteiger partial charge in [-0.25, -0.2) is 6.21 Å². The molecule has 4 aromatic carbocycles. The molecule has 0 spiro atoms. The summed E-state index contributed by atoms with van der Waals surface area (Å²) in [4.78, 5) is 9.30. The molecule has 0 saturated heterocycles. The van der Waals surface area contributed by atoms with E-state index in [-0.39, 0.29) is 22.4 Å². The second-order valence-corrected chi connectivity index (χ2v) is 19.1. The number of hydrogen-bond donors (Lipinski definition) is 0. The van der Waals surface area contributed by atoms with Crippen molar-refractivity contribution in [2.24, 2.45) is 0 Å². The van der Waals surface area contributed by atoms with Crippen molar-refractivity contribution in [1.82, 2.24) is 0 Å². The third-order valence-corrected chi connectivity index (χ3v) is 11.7.